The molecule has 10 aromatic carbocycles. The van der Waals surface area contributed by atoms with E-state index in [0.717, 1.165) is 0 Å². The van der Waals surface area contributed by atoms with Gasteiger partial charge in [0.1, 0.15) is 0 Å². The van der Waals surface area contributed by atoms with Gasteiger partial charge in [-0.1, -0.05) is 208 Å². The summed E-state index contributed by atoms with van der Waals surface area (Å²) < 4.78 is 2.48. The van der Waals surface area contributed by atoms with Crippen LogP contribution in [0.4, 0.5) is 0 Å². The number of rotatable bonds is 7. The van der Waals surface area contributed by atoms with Crippen LogP contribution in [0, 0.1) is 0 Å². The summed E-state index contributed by atoms with van der Waals surface area (Å²) in [6.45, 7) is 4.78. The van der Waals surface area contributed by atoms with Crippen molar-refractivity contribution in [2.75, 3.05) is 0 Å². The smallest absolute Gasteiger partial charge is 0.0541 e. The summed E-state index contributed by atoms with van der Waals surface area (Å²) in [6.07, 6.45) is 0. The van der Waals surface area contributed by atoms with Crippen LogP contribution >= 0.6 is 0 Å². The Bertz CT molecular complexity index is 3360. The molecule has 1 heteroatoms. The van der Waals surface area contributed by atoms with Crippen LogP contribution in [0.3, 0.4) is 0 Å². The third kappa shape index (κ3) is 6.40. The SMILES string of the molecule is CC1(C)c2cc(-c3ccc(-c4ccccc4)cc3)ccc2-c2ccc(-n3c4ccc(-c5ccc(-c6ccccc6)cc5)cc4c4cc(-c5ccc(-c6ccccc6)cc5)ccc43)cc21. The van der Waals surface area contributed by atoms with Crippen molar-refractivity contribution in [3.8, 4) is 83.6 Å². The molecule has 1 aliphatic carbocycles. The molecule has 0 saturated heterocycles. The first-order valence-corrected chi connectivity index (χ1v) is 22.3. The van der Waals surface area contributed by atoms with Crippen LogP contribution in [0.1, 0.15) is 25.0 Å². The Hall–Kier alpha value is -8.00. The van der Waals surface area contributed by atoms with Crippen LogP contribution in [0.25, 0.3) is 105 Å². The molecular weight excluding hydrogens is 771 g/mol. The number of aromatic nitrogens is 1. The summed E-state index contributed by atoms with van der Waals surface area (Å²) in [7, 11) is 0. The van der Waals surface area contributed by atoms with Gasteiger partial charge in [-0.2, -0.15) is 0 Å². The molecule has 1 aromatic heterocycles. The molecule has 0 unspecified atom stereocenters. The van der Waals surface area contributed by atoms with Gasteiger partial charge in [-0.05, 0) is 131 Å². The summed E-state index contributed by atoms with van der Waals surface area (Å²) in [5.41, 5.74) is 23.5. The van der Waals surface area contributed by atoms with Gasteiger partial charge in [0.15, 0.2) is 0 Å². The van der Waals surface area contributed by atoms with Gasteiger partial charge in [-0.15, -0.1) is 0 Å². The molecule has 0 spiro atoms. The molecule has 0 fully saturated rings. The zero-order valence-corrected chi connectivity index (χ0v) is 36.0. The van der Waals surface area contributed by atoms with Crippen LogP contribution in [0.5, 0.6) is 0 Å². The second kappa shape index (κ2) is 15.1. The number of hydrogen-bond acceptors (Lipinski definition) is 0. The quantitative estimate of drug-likeness (QED) is 0.151. The Labute approximate surface area is 375 Å². The minimum atomic E-state index is -0.183. The Kier molecular flexibility index (Phi) is 8.91. The maximum atomic E-state index is 2.48. The van der Waals surface area contributed by atoms with Gasteiger partial charge in [0, 0.05) is 21.9 Å². The second-order valence-electron chi connectivity index (χ2n) is 17.7. The van der Waals surface area contributed by atoms with Gasteiger partial charge in [0.25, 0.3) is 0 Å². The topological polar surface area (TPSA) is 4.93 Å². The number of hydrogen-bond donors (Lipinski definition) is 0. The van der Waals surface area contributed by atoms with E-state index in [1.54, 1.807) is 0 Å². The normalized spacial score (nSPS) is 12.7. The lowest BCUT2D eigenvalue weighted by Crippen LogP contribution is -2.15. The minimum Gasteiger partial charge on any atom is -0.309 e. The largest absolute Gasteiger partial charge is 0.309 e. The van der Waals surface area contributed by atoms with Crippen molar-refractivity contribution in [1.82, 2.24) is 4.57 Å². The van der Waals surface area contributed by atoms with Crippen molar-refractivity contribution in [1.29, 1.82) is 0 Å². The van der Waals surface area contributed by atoms with Crippen molar-refractivity contribution < 1.29 is 0 Å². The average molecular weight is 816 g/mol. The summed E-state index contributed by atoms with van der Waals surface area (Å²) in [5.74, 6) is 0. The number of benzene rings is 10. The lowest BCUT2D eigenvalue weighted by atomic mass is 9.81. The van der Waals surface area contributed by atoms with Gasteiger partial charge in [-0.25, -0.2) is 0 Å². The first-order valence-electron chi connectivity index (χ1n) is 22.3. The first-order chi connectivity index (χ1) is 31.5. The predicted octanol–water partition coefficient (Wildman–Crippen LogP) is 17.1. The molecule has 11 aromatic rings. The maximum absolute atomic E-state index is 2.48. The molecule has 0 amide bonds. The van der Waals surface area contributed by atoms with Gasteiger partial charge in [0.2, 0.25) is 0 Å². The van der Waals surface area contributed by atoms with Crippen LogP contribution in [0.15, 0.2) is 237 Å². The van der Waals surface area contributed by atoms with Crippen molar-refractivity contribution >= 4 is 21.8 Å². The van der Waals surface area contributed by atoms with E-state index >= 15 is 0 Å². The molecule has 0 N–H and O–H groups in total. The van der Waals surface area contributed by atoms with E-state index < -0.39 is 0 Å². The van der Waals surface area contributed by atoms with Crippen molar-refractivity contribution in [2.45, 2.75) is 19.3 Å². The van der Waals surface area contributed by atoms with E-state index in [4.69, 9.17) is 0 Å². The van der Waals surface area contributed by atoms with Crippen LogP contribution in [0.2, 0.25) is 0 Å². The number of fused-ring (bicyclic) bond motifs is 6. The fourth-order valence-corrected chi connectivity index (χ4v) is 10.2. The van der Waals surface area contributed by atoms with Gasteiger partial charge < -0.3 is 4.57 Å². The standard InChI is InChI=1S/C63H45N/c1-63(2)59-40-53(50-28-22-47(23-29-50)44-16-10-5-11-17-44)30-34-55(59)56-35-33-54(41-60(56)63)64-61-36-31-51(48-24-18-45(19-25-48)42-12-6-3-7-13-42)38-57(61)58-39-52(32-37-62(58)64)49-26-20-46(21-27-49)43-14-8-4-9-15-43/h3-41H,1-2H3. The van der Waals surface area contributed by atoms with Crippen molar-refractivity contribution in [3.63, 3.8) is 0 Å². The van der Waals surface area contributed by atoms with Gasteiger partial charge in [0.05, 0.1) is 11.0 Å². The molecule has 0 saturated carbocycles. The lowest BCUT2D eigenvalue weighted by molar-refractivity contribution is 0.660. The first kappa shape index (κ1) is 37.7. The summed E-state index contributed by atoms with van der Waals surface area (Å²) in [4.78, 5) is 0. The van der Waals surface area contributed by atoms with Gasteiger partial charge >= 0.3 is 0 Å². The fraction of sp³-hybridized carbons (Fsp3) is 0.0476. The third-order valence-corrected chi connectivity index (χ3v) is 13.7. The van der Waals surface area contributed by atoms with E-state index in [1.165, 1.54) is 117 Å². The predicted molar refractivity (Wildman–Crippen MR) is 271 cm³/mol. The fourth-order valence-electron chi connectivity index (χ4n) is 10.2. The highest BCUT2D eigenvalue weighted by Gasteiger charge is 2.36. The lowest BCUT2D eigenvalue weighted by Gasteiger charge is -2.23. The van der Waals surface area contributed by atoms with E-state index in [9.17, 15) is 0 Å². The molecule has 302 valence electrons. The molecule has 1 heterocycles. The molecular formula is C63H45N. The van der Waals surface area contributed by atoms with Crippen LogP contribution in [-0.2, 0) is 5.41 Å². The van der Waals surface area contributed by atoms with Crippen molar-refractivity contribution in [2.24, 2.45) is 0 Å². The molecule has 12 rings (SSSR count). The molecule has 0 aliphatic heterocycles. The van der Waals surface area contributed by atoms with Crippen LogP contribution < -0.4 is 0 Å². The molecule has 0 bridgehead atoms. The monoisotopic (exact) mass is 815 g/mol. The summed E-state index contributed by atoms with van der Waals surface area (Å²) in [6, 6.07) is 87.1. The summed E-state index contributed by atoms with van der Waals surface area (Å²) >= 11 is 0. The molecule has 1 nitrogen and oxygen atoms in total. The highest BCUT2D eigenvalue weighted by Crippen LogP contribution is 2.51. The molecule has 0 atom stereocenters. The minimum absolute atomic E-state index is 0.183. The third-order valence-electron chi connectivity index (χ3n) is 13.7. The van der Waals surface area contributed by atoms with E-state index in [2.05, 4.69) is 255 Å². The molecule has 1 aliphatic rings. The Morgan fingerprint density at radius 1 is 0.266 bits per heavy atom. The Morgan fingerprint density at radius 3 is 0.969 bits per heavy atom. The second-order valence-corrected chi connectivity index (χ2v) is 17.7. The van der Waals surface area contributed by atoms with Gasteiger partial charge in [-0.3, -0.25) is 0 Å². The van der Waals surface area contributed by atoms with Crippen LogP contribution in [-0.4, -0.2) is 4.57 Å². The highest BCUT2D eigenvalue weighted by atomic mass is 15.0. The maximum Gasteiger partial charge on any atom is 0.0541 e. The zero-order chi connectivity index (χ0) is 42.8. The van der Waals surface area contributed by atoms with Crippen molar-refractivity contribution in [3.05, 3.63) is 248 Å². The Balaban J connectivity index is 0.951. The van der Waals surface area contributed by atoms with E-state index in [1.807, 2.05) is 0 Å². The Morgan fingerprint density at radius 2 is 0.562 bits per heavy atom. The molecule has 64 heavy (non-hydrogen) atoms. The average Bonchev–Trinajstić information content (AvgIpc) is 3.81. The highest BCUT2D eigenvalue weighted by molar-refractivity contribution is 6.12. The zero-order valence-electron chi connectivity index (χ0n) is 36.0. The van der Waals surface area contributed by atoms with E-state index in [-0.39, 0.29) is 5.41 Å². The molecule has 0 radical (unpaired) electrons. The summed E-state index contributed by atoms with van der Waals surface area (Å²) in [5, 5.41) is 2.49. The number of nitrogens with zero attached hydrogens (tertiary/aromatic N) is 1. The van der Waals surface area contributed by atoms with E-state index in [0.29, 0.717) is 0 Å².